The largest absolute Gasteiger partial charge is 0.481 e. The number of halogens is 1. The van der Waals surface area contributed by atoms with Crippen LogP contribution >= 0.6 is 23.4 Å². The van der Waals surface area contributed by atoms with Gasteiger partial charge in [-0.15, -0.1) is 0 Å². The van der Waals surface area contributed by atoms with Gasteiger partial charge in [0.25, 0.3) is 5.91 Å². The minimum Gasteiger partial charge on any atom is -0.481 e. The Hall–Kier alpha value is -1.73. The quantitative estimate of drug-likeness (QED) is 0.606. The standard InChI is InChI=1S/C17H21ClN2O4S/c1-25-9-6-13(15(22)19-10-17(7-8-17)16(23)24)20-14(21)11-4-2-3-5-12(11)18/h2-5,13H,6-10H2,1H3,(H,19,22)(H,20,21)(H,23,24). The lowest BCUT2D eigenvalue weighted by Gasteiger charge is -2.20. The molecule has 0 spiro atoms. The number of aliphatic carboxylic acids is 1. The second-order valence-electron chi connectivity index (χ2n) is 6.09. The van der Waals surface area contributed by atoms with E-state index in [0.717, 1.165) is 0 Å². The van der Waals surface area contributed by atoms with Gasteiger partial charge in [-0.1, -0.05) is 23.7 Å². The predicted octanol–water partition coefficient (Wildman–Crippen LogP) is 2.17. The third-order valence-electron chi connectivity index (χ3n) is 4.26. The van der Waals surface area contributed by atoms with Gasteiger partial charge >= 0.3 is 5.97 Å². The molecule has 6 nitrogen and oxygen atoms in total. The molecule has 0 saturated heterocycles. The highest BCUT2D eigenvalue weighted by Gasteiger charge is 2.50. The lowest BCUT2D eigenvalue weighted by atomic mass is 10.1. The van der Waals surface area contributed by atoms with Crippen LogP contribution in [0.3, 0.4) is 0 Å². The highest BCUT2D eigenvalue weighted by atomic mass is 35.5. The van der Waals surface area contributed by atoms with Crippen molar-refractivity contribution in [2.75, 3.05) is 18.6 Å². The normalized spacial score (nSPS) is 15.9. The van der Waals surface area contributed by atoms with Crippen LogP contribution in [-0.2, 0) is 9.59 Å². The van der Waals surface area contributed by atoms with Crippen molar-refractivity contribution in [3.8, 4) is 0 Å². The van der Waals surface area contributed by atoms with Crippen LogP contribution in [-0.4, -0.2) is 47.5 Å². The maximum atomic E-state index is 12.4. The predicted molar refractivity (Wildman–Crippen MR) is 98.0 cm³/mol. The molecule has 1 unspecified atom stereocenters. The van der Waals surface area contributed by atoms with Crippen molar-refractivity contribution in [3.05, 3.63) is 34.9 Å². The van der Waals surface area contributed by atoms with E-state index in [2.05, 4.69) is 10.6 Å². The second-order valence-corrected chi connectivity index (χ2v) is 7.48. The maximum absolute atomic E-state index is 12.4. The van der Waals surface area contributed by atoms with Gasteiger partial charge in [0.2, 0.25) is 5.91 Å². The van der Waals surface area contributed by atoms with Crippen LogP contribution in [0, 0.1) is 5.41 Å². The fourth-order valence-corrected chi connectivity index (χ4v) is 3.08. The van der Waals surface area contributed by atoms with Crippen LogP contribution in [0.1, 0.15) is 29.6 Å². The molecule has 0 radical (unpaired) electrons. The second kappa shape index (κ2) is 8.58. The van der Waals surface area contributed by atoms with Gasteiger partial charge in [0.1, 0.15) is 6.04 Å². The van der Waals surface area contributed by atoms with Crippen molar-refractivity contribution in [1.29, 1.82) is 0 Å². The number of carbonyl (C=O) groups is 3. The number of amides is 2. The number of benzene rings is 1. The molecule has 1 saturated carbocycles. The van der Waals surface area contributed by atoms with Crippen molar-refractivity contribution in [2.45, 2.75) is 25.3 Å². The van der Waals surface area contributed by atoms with Crippen LogP contribution in [0.5, 0.6) is 0 Å². The minimum absolute atomic E-state index is 0.0822. The van der Waals surface area contributed by atoms with E-state index in [4.69, 9.17) is 11.6 Å². The van der Waals surface area contributed by atoms with Crippen LogP contribution in [0.4, 0.5) is 0 Å². The summed E-state index contributed by atoms with van der Waals surface area (Å²) in [6.45, 7) is 0.0822. The van der Waals surface area contributed by atoms with Gasteiger partial charge < -0.3 is 15.7 Å². The first-order valence-electron chi connectivity index (χ1n) is 7.95. The topological polar surface area (TPSA) is 95.5 Å². The monoisotopic (exact) mass is 384 g/mol. The summed E-state index contributed by atoms with van der Waals surface area (Å²) in [5.41, 5.74) is -0.540. The first kappa shape index (κ1) is 19.6. The average molecular weight is 385 g/mol. The number of hydrogen-bond acceptors (Lipinski definition) is 4. The molecule has 0 aromatic heterocycles. The molecule has 0 aliphatic heterocycles. The maximum Gasteiger partial charge on any atom is 0.311 e. The molecule has 3 N–H and O–H groups in total. The summed E-state index contributed by atoms with van der Waals surface area (Å²) in [5.74, 6) is -1.01. The molecule has 1 aromatic rings. The van der Waals surface area contributed by atoms with Gasteiger partial charge in [-0.05, 0) is 43.4 Å². The summed E-state index contributed by atoms with van der Waals surface area (Å²) >= 11 is 7.58. The zero-order chi connectivity index (χ0) is 18.4. The SMILES string of the molecule is CSCCC(NC(=O)c1ccccc1Cl)C(=O)NCC1(C(=O)O)CC1. The summed E-state index contributed by atoms with van der Waals surface area (Å²) in [5, 5.41) is 14.9. The number of carbonyl (C=O) groups excluding carboxylic acids is 2. The smallest absolute Gasteiger partial charge is 0.311 e. The zero-order valence-corrected chi connectivity index (χ0v) is 15.5. The van der Waals surface area contributed by atoms with Crippen LogP contribution in [0.15, 0.2) is 24.3 Å². The van der Waals surface area contributed by atoms with E-state index in [1.165, 1.54) is 0 Å². The summed E-state index contributed by atoms with van der Waals surface area (Å²) in [6, 6.07) is 5.88. The zero-order valence-electron chi connectivity index (χ0n) is 13.9. The van der Waals surface area contributed by atoms with Gasteiger partial charge in [0.05, 0.1) is 16.0 Å². The number of hydrogen-bond donors (Lipinski definition) is 3. The molecule has 1 atom stereocenters. The Kier molecular flexibility index (Phi) is 6.72. The van der Waals surface area contributed by atoms with Gasteiger partial charge in [-0.2, -0.15) is 11.8 Å². The number of carboxylic acid groups (broad SMARTS) is 1. The molecule has 136 valence electrons. The van der Waals surface area contributed by atoms with Crippen molar-refractivity contribution < 1.29 is 19.5 Å². The summed E-state index contributed by atoms with van der Waals surface area (Å²) in [6.07, 6.45) is 3.48. The van der Waals surface area contributed by atoms with Gasteiger partial charge in [0, 0.05) is 6.54 Å². The third kappa shape index (κ3) is 5.12. The van der Waals surface area contributed by atoms with E-state index in [-0.39, 0.29) is 12.5 Å². The molecule has 1 aliphatic rings. The van der Waals surface area contributed by atoms with E-state index in [1.807, 2.05) is 6.26 Å². The minimum atomic E-state index is -0.895. The average Bonchev–Trinajstić information content (AvgIpc) is 3.38. The first-order chi connectivity index (χ1) is 11.9. The number of rotatable bonds is 9. The van der Waals surface area contributed by atoms with Crippen molar-refractivity contribution >= 4 is 41.1 Å². The molecule has 1 fully saturated rings. The fourth-order valence-electron chi connectivity index (χ4n) is 2.38. The molecule has 0 heterocycles. The molecule has 0 bridgehead atoms. The number of nitrogens with one attached hydrogen (secondary N) is 2. The highest BCUT2D eigenvalue weighted by Crippen LogP contribution is 2.45. The van der Waals surface area contributed by atoms with Gasteiger partial charge in [-0.25, -0.2) is 0 Å². The first-order valence-corrected chi connectivity index (χ1v) is 9.72. The Morgan fingerprint density at radius 1 is 1.32 bits per heavy atom. The molecular weight excluding hydrogens is 364 g/mol. The lowest BCUT2D eigenvalue weighted by Crippen LogP contribution is -2.49. The summed E-state index contributed by atoms with van der Waals surface area (Å²) in [4.78, 5) is 36.0. The van der Waals surface area contributed by atoms with E-state index >= 15 is 0 Å². The summed E-state index contributed by atoms with van der Waals surface area (Å²) in [7, 11) is 0. The lowest BCUT2D eigenvalue weighted by molar-refractivity contribution is -0.143. The Bertz CT molecular complexity index is 664. The molecule has 25 heavy (non-hydrogen) atoms. The molecular formula is C17H21ClN2O4S. The van der Waals surface area contributed by atoms with E-state index in [9.17, 15) is 19.5 Å². The fraction of sp³-hybridized carbons (Fsp3) is 0.471. The molecule has 2 amide bonds. The van der Waals surface area contributed by atoms with E-state index < -0.39 is 23.3 Å². The number of thioether (sulfide) groups is 1. The van der Waals surface area contributed by atoms with Crippen LogP contribution < -0.4 is 10.6 Å². The van der Waals surface area contributed by atoms with Crippen LogP contribution in [0.2, 0.25) is 5.02 Å². The third-order valence-corrected chi connectivity index (χ3v) is 5.23. The van der Waals surface area contributed by atoms with Crippen molar-refractivity contribution in [2.24, 2.45) is 5.41 Å². The van der Waals surface area contributed by atoms with E-state index in [1.54, 1.807) is 36.0 Å². The number of carboxylic acids is 1. The van der Waals surface area contributed by atoms with Gasteiger partial charge in [0.15, 0.2) is 0 Å². The van der Waals surface area contributed by atoms with Crippen molar-refractivity contribution in [3.63, 3.8) is 0 Å². The Balaban J connectivity index is 2.00. The van der Waals surface area contributed by atoms with Gasteiger partial charge in [-0.3, -0.25) is 14.4 Å². The molecule has 2 rings (SSSR count). The van der Waals surface area contributed by atoms with E-state index in [0.29, 0.717) is 35.6 Å². The molecule has 8 heteroatoms. The van der Waals surface area contributed by atoms with Crippen molar-refractivity contribution in [1.82, 2.24) is 10.6 Å². The molecule has 1 aromatic carbocycles. The Morgan fingerprint density at radius 3 is 2.56 bits per heavy atom. The Labute approximate surface area is 155 Å². The Morgan fingerprint density at radius 2 is 2.00 bits per heavy atom. The molecule has 1 aliphatic carbocycles. The van der Waals surface area contributed by atoms with Crippen LogP contribution in [0.25, 0.3) is 0 Å². The highest BCUT2D eigenvalue weighted by molar-refractivity contribution is 7.98. The summed E-state index contributed by atoms with van der Waals surface area (Å²) < 4.78 is 0.